The van der Waals surface area contributed by atoms with E-state index in [9.17, 15) is 17.6 Å². The first-order valence-corrected chi connectivity index (χ1v) is 11.6. The van der Waals surface area contributed by atoms with Gasteiger partial charge in [0, 0.05) is 6.54 Å². The lowest BCUT2D eigenvalue weighted by molar-refractivity contribution is 0.0940. The van der Waals surface area contributed by atoms with Gasteiger partial charge in [-0.2, -0.15) is 0 Å². The van der Waals surface area contributed by atoms with Gasteiger partial charge >= 0.3 is 0 Å². The van der Waals surface area contributed by atoms with Crippen molar-refractivity contribution in [2.75, 3.05) is 20.1 Å². The van der Waals surface area contributed by atoms with Crippen molar-refractivity contribution in [3.05, 3.63) is 34.6 Å². The van der Waals surface area contributed by atoms with Crippen LogP contribution in [0, 0.1) is 12.7 Å². The summed E-state index contributed by atoms with van der Waals surface area (Å²) in [6.07, 6.45) is 5.99. The molecule has 1 aromatic carbocycles. The molecule has 8 heteroatoms. The summed E-state index contributed by atoms with van der Waals surface area (Å²) in [5, 5.41) is -0.503. The minimum absolute atomic E-state index is 0.116. The second-order valence-electron chi connectivity index (χ2n) is 8.16. The van der Waals surface area contributed by atoms with E-state index in [-0.39, 0.29) is 11.5 Å². The number of carbonyl (C=O) groups is 1. The molecule has 0 bridgehead atoms. The lowest BCUT2D eigenvalue weighted by atomic mass is 9.88. The van der Waals surface area contributed by atoms with Crippen molar-refractivity contribution in [1.29, 1.82) is 0 Å². The largest absolute Gasteiger partial charge is 0.306 e. The molecule has 0 radical (unpaired) electrons. The molecule has 2 N–H and O–H groups in total. The Kier molecular flexibility index (Phi) is 6.73. The molecule has 0 spiro atoms. The van der Waals surface area contributed by atoms with E-state index in [1.807, 2.05) is 0 Å². The monoisotopic (exact) mass is 411 g/mol. The van der Waals surface area contributed by atoms with Crippen LogP contribution < -0.4 is 10.3 Å². The number of nitrogens with zero attached hydrogens (tertiary/aromatic N) is 1. The molecule has 1 amide bonds. The van der Waals surface area contributed by atoms with Crippen LogP contribution in [0.15, 0.2) is 12.1 Å². The molecule has 1 saturated heterocycles. The Balaban J connectivity index is 1.73. The fraction of sp³-hybridized carbons (Fsp3) is 0.650. The average molecular weight is 412 g/mol. The number of hydrogen-bond acceptors (Lipinski definition) is 4. The van der Waals surface area contributed by atoms with E-state index in [0.717, 1.165) is 50.8 Å². The molecule has 1 unspecified atom stereocenters. The van der Waals surface area contributed by atoms with E-state index in [2.05, 4.69) is 22.2 Å². The van der Waals surface area contributed by atoms with Crippen LogP contribution in [-0.4, -0.2) is 44.6 Å². The highest BCUT2D eigenvalue weighted by Crippen LogP contribution is 2.29. The van der Waals surface area contributed by atoms with Crippen LogP contribution in [-0.2, 0) is 10.0 Å². The van der Waals surface area contributed by atoms with Gasteiger partial charge in [0.15, 0.2) is 0 Å². The van der Waals surface area contributed by atoms with E-state index in [4.69, 9.17) is 0 Å². The molecule has 2 fully saturated rings. The molecular weight excluding hydrogens is 381 g/mol. The molecule has 1 saturated carbocycles. The zero-order chi connectivity index (χ0) is 20.3. The zero-order valence-corrected chi connectivity index (χ0v) is 17.4. The summed E-state index contributed by atoms with van der Waals surface area (Å²) in [4.78, 5) is 17.0. The van der Waals surface area contributed by atoms with Crippen molar-refractivity contribution >= 4 is 15.9 Å². The zero-order valence-electron chi connectivity index (χ0n) is 16.6. The smallest absolute Gasteiger partial charge is 0.269 e. The number of benzene rings is 1. The Morgan fingerprint density at radius 2 is 1.86 bits per heavy atom. The number of likely N-dealkylation sites (tertiary alicyclic amines) is 1. The summed E-state index contributed by atoms with van der Waals surface area (Å²) in [5.41, 5.74) is 3.42. The molecule has 3 rings (SSSR count). The Morgan fingerprint density at radius 1 is 1.14 bits per heavy atom. The fourth-order valence-corrected chi connectivity index (χ4v) is 5.64. The van der Waals surface area contributed by atoms with Crippen molar-refractivity contribution in [2.24, 2.45) is 0 Å². The maximum atomic E-state index is 14.6. The number of hydrogen-bond donors (Lipinski definition) is 2. The normalized spacial score (nSPS) is 22.2. The van der Waals surface area contributed by atoms with Gasteiger partial charge in [0.2, 0.25) is 10.0 Å². The number of rotatable bonds is 5. The lowest BCUT2D eigenvalue weighted by Gasteiger charge is -2.30. The average Bonchev–Trinajstić information content (AvgIpc) is 2.69. The maximum absolute atomic E-state index is 14.6. The van der Waals surface area contributed by atoms with Crippen LogP contribution in [0.4, 0.5) is 4.39 Å². The minimum atomic E-state index is -3.66. The fourth-order valence-electron chi connectivity index (χ4n) is 4.28. The minimum Gasteiger partial charge on any atom is -0.306 e. The van der Waals surface area contributed by atoms with E-state index in [0.29, 0.717) is 18.4 Å². The maximum Gasteiger partial charge on any atom is 0.269 e. The van der Waals surface area contributed by atoms with Gasteiger partial charge in [0.1, 0.15) is 5.82 Å². The van der Waals surface area contributed by atoms with Gasteiger partial charge in [0.25, 0.3) is 5.91 Å². The van der Waals surface area contributed by atoms with Gasteiger partial charge in [-0.05, 0) is 69.3 Å². The van der Waals surface area contributed by atoms with E-state index < -0.39 is 27.0 Å². The van der Waals surface area contributed by atoms with Crippen LogP contribution >= 0.6 is 0 Å². The third-order valence-electron chi connectivity index (χ3n) is 5.92. The van der Waals surface area contributed by atoms with Crippen LogP contribution in [0.2, 0.25) is 0 Å². The summed E-state index contributed by atoms with van der Waals surface area (Å²) in [7, 11) is -1.61. The highest BCUT2D eigenvalue weighted by molar-refractivity contribution is 7.90. The molecule has 28 heavy (non-hydrogen) atoms. The predicted octanol–water partition coefficient (Wildman–Crippen LogP) is 2.84. The first-order chi connectivity index (χ1) is 13.3. The number of carbonyl (C=O) groups excluding carboxylic acids is 1. The van der Waals surface area contributed by atoms with Crippen LogP contribution in [0.1, 0.15) is 72.3 Å². The highest BCUT2D eigenvalue weighted by Gasteiger charge is 2.28. The van der Waals surface area contributed by atoms with Crippen molar-refractivity contribution in [3.8, 4) is 0 Å². The quantitative estimate of drug-likeness (QED) is 0.731. The number of likely N-dealkylation sites (N-methyl/N-ethyl adjacent to an activating group) is 1. The summed E-state index contributed by atoms with van der Waals surface area (Å²) in [6.45, 7) is 3.53. The van der Waals surface area contributed by atoms with Crippen molar-refractivity contribution in [1.82, 2.24) is 15.2 Å². The van der Waals surface area contributed by atoms with Crippen molar-refractivity contribution in [3.63, 3.8) is 0 Å². The third kappa shape index (κ3) is 4.90. The van der Waals surface area contributed by atoms with E-state index in [1.165, 1.54) is 0 Å². The number of nitrogens with one attached hydrogen (secondary N) is 2. The number of halogens is 1. The molecule has 1 aliphatic heterocycles. The van der Waals surface area contributed by atoms with Crippen LogP contribution in [0.25, 0.3) is 0 Å². The number of sulfonamides is 1. The summed E-state index contributed by atoms with van der Waals surface area (Å²) in [6, 6.07) is 3.36. The molecular formula is C20H30FN3O3S. The van der Waals surface area contributed by atoms with Crippen LogP contribution in [0.5, 0.6) is 0 Å². The molecule has 2 aliphatic rings. The number of aryl methyl sites for hydroxylation is 1. The topological polar surface area (TPSA) is 78.5 Å². The molecule has 1 aliphatic carbocycles. The van der Waals surface area contributed by atoms with Crippen molar-refractivity contribution < 1.29 is 17.6 Å². The Hall–Kier alpha value is -1.51. The molecule has 0 aromatic heterocycles. The Bertz CT molecular complexity index is 822. The first-order valence-electron chi connectivity index (χ1n) is 10.1. The standard InChI is InChI=1S/C20H30FN3O3S/c1-14-11-16(15-7-6-10-24(2)13-15)12-18(19(14)21)20(25)22-23-28(26,27)17-8-4-3-5-9-17/h11-12,15,17,23H,3-10,13H2,1-2H3,(H,22,25). The summed E-state index contributed by atoms with van der Waals surface area (Å²) in [5.74, 6) is -1.13. The lowest BCUT2D eigenvalue weighted by Crippen LogP contribution is -2.46. The van der Waals surface area contributed by atoms with Gasteiger partial charge < -0.3 is 4.90 Å². The number of hydrazine groups is 1. The van der Waals surface area contributed by atoms with Gasteiger partial charge in [-0.25, -0.2) is 12.8 Å². The highest BCUT2D eigenvalue weighted by atomic mass is 32.2. The molecule has 156 valence electrons. The Labute approximate surface area is 166 Å². The molecule has 6 nitrogen and oxygen atoms in total. The predicted molar refractivity (Wildman–Crippen MR) is 107 cm³/mol. The molecule has 1 heterocycles. The van der Waals surface area contributed by atoms with E-state index >= 15 is 0 Å². The van der Waals surface area contributed by atoms with Crippen molar-refractivity contribution in [2.45, 2.75) is 63.0 Å². The van der Waals surface area contributed by atoms with Gasteiger partial charge in [-0.1, -0.05) is 25.3 Å². The molecule has 1 aromatic rings. The first kappa shape index (κ1) is 21.2. The van der Waals surface area contributed by atoms with E-state index in [1.54, 1.807) is 19.1 Å². The van der Waals surface area contributed by atoms with Gasteiger partial charge in [-0.15, -0.1) is 4.83 Å². The van der Waals surface area contributed by atoms with Gasteiger partial charge in [-0.3, -0.25) is 10.2 Å². The second-order valence-corrected chi connectivity index (χ2v) is 10.1. The Morgan fingerprint density at radius 3 is 2.54 bits per heavy atom. The number of piperidine rings is 1. The number of amides is 1. The SMILES string of the molecule is Cc1cc(C2CCCN(C)C2)cc(C(=O)NNS(=O)(=O)C2CCCCC2)c1F. The third-order valence-corrected chi connectivity index (χ3v) is 7.65. The van der Waals surface area contributed by atoms with Gasteiger partial charge in [0.05, 0.1) is 10.8 Å². The second kappa shape index (κ2) is 8.88. The molecule has 1 atom stereocenters. The summed E-state index contributed by atoms with van der Waals surface area (Å²) < 4.78 is 39.4. The summed E-state index contributed by atoms with van der Waals surface area (Å²) >= 11 is 0. The van der Waals surface area contributed by atoms with Crippen LogP contribution in [0.3, 0.4) is 0 Å².